The van der Waals surface area contributed by atoms with Crippen LogP contribution in [-0.4, -0.2) is 18.3 Å². The van der Waals surface area contributed by atoms with Gasteiger partial charge in [0.05, 0.1) is 27.7 Å². The molecule has 0 aromatic heterocycles. The summed E-state index contributed by atoms with van der Waals surface area (Å²) in [6.07, 6.45) is 0. The van der Waals surface area contributed by atoms with Gasteiger partial charge in [0, 0.05) is 0 Å². The van der Waals surface area contributed by atoms with Crippen molar-refractivity contribution in [3.05, 3.63) is 21.6 Å². The van der Waals surface area contributed by atoms with E-state index in [-0.39, 0.29) is 5.88 Å². The lowest BCUT2D eigenvalue weighted by Crippen LogP contribution is -2.12. The van der Waals surface area contributed by atoms with Crippen molar-refractivity contribution in [3.63, 3.8) is 0 Å². The van der Waals surface area contributed by atoms with Crippen LogP contribution in [-0.2, 0) is 0 Å². The van der Waals surface area contributed by atoms with E-state index >= 15 is 0 Å². The molecule has 1 aromatic rings. The predicted molar refractivity (Wildman–Crippen MR) is 72.3 cm³/mol. The number of nitrogens with two attached hydrogens (primary N) is 1. The Morgan fingerprint density at radius 2 is 2.25 bits per heavy atom. The third kappa shape index (κ3) is 3.54. The highest BCUT2D eigenvalue weighted by atomic mass is 79.9. The number of aliphatic imine (C=N–C) groups is 1. The van der Waals surface area contributed by atoms with Crippen molar-refractivity contribution in [2.75, 3.05) is 12.5 Å². The molecule has 0 fully saturated rings. The number of amidine groups is 1. The van der Waals surface area contributed by atoms with Crippen LogP contribution in [0.5, 0.6) is 5.75 Å². The highest BCUT2D eigenvalue weighted by Gasteiger charge is 2.08. The number of halogens is 3. The minimum Gasteiger partial charge on any atom is -0.491 e. The van der Waals surface area contributed by atoms with Crippen LogP contribution in [0, 0.1) is 0 Å². The smallest absolute Gasteiger partial charge is 0.152 e. The van der Waals surface area contributed by atoms with Crippen LogP contribution < -0.4 is 10.5 Å². The van der Waals surface area contributed by atoms with E-state index in [1.54, 1.807) is 12.1 Å². The Bertz CT molecular complexity index is 387. The molecule has 0 heterocycles. The molecule has 6 heteroatoms. The Labute approximate surface area is 113 Å². The van der Waals surface area contributed by atoms with Gasteiger partial charge in [-0.1, -0.05) is 11.6 Å². The lowest BCUT2D eigenvalue weighted by molar-refractivity contribution is 0.338. The number of hydrogen-bond acceptors (Lipinski definition) is 2. The zero-order chi connectivity index (χ0) is 12.1. The van der Waals surface area contributed by atoms with Crippen molar-refractivity contribution < 1.29 is 4.74 Å². The minimum absolute atomic E-state index is 0.183. The zero-order valence-electron chi connectivity index (χ0n) is 8.64. The predicted octanol–water partition coefficient (Wildman–Crippen LogP) is 3.73. The summed E-state index contributed by atoms with van der Waals surface area (Å²) in [6.45, 7) is 2.44. The molecule has 1 rings (SSSR count). The quantitative estimate of drug-likeness (QED) is 0.521. The van der Waals surface area contributed by atoms with Gasteiger partial charge < -0.3 is 10.5 Å². The van der Waals surface area contributed by atoms with Crippen LogP contribution in [0.15, 0.2) is 21.6 Å². The molecular formula is C10H11BrCl2N2O. The molecule has 0 amide bonds. The molecule has 0 bridgehead atoms. The number of benzene rings is 1. The van der Waals surface area contributed by atoms with E-state index < -0.39 is 0 Å². The summed E-state index contributed by atoms with van der Waals surface area (Å²) in [5.74, 6) is 1.13. The minimum atomic E-state index is 0.183. The van der Waals surface area contributed by atoms with Gasteiger partial charge in [0.1, 0.15) is 5.84 Å². The molecule has 1 aromatic carbocycles. The Hall–Kier alpha value is -0.450. The molecule has 0 spiro atoms. The summed E-state index contributed by atoms with van der Waals surface area (Å²) in [7, 11) is 0. The fourth-order valence-corrected chi connectivity index (χ4v) is 2.09. The first kappa shape index (κ1) is 13.6. The zero-order valence-corrected chi connectivity index (χ0v) is 11.7. The Morgan fingerprint density at radius 3 is 2.75 bits per heavy atom. The van der Waals surface area contributed by atoms with E-state index in [1.807, 2.05) is 6.92 Å². The molecule has 2 N–H and O–H groups in total. The van der Waals surface area contributed by atoms with Gasteiger partial charge in [0.2, 0.25) is 0 Å². The molecule has 0 unspecified atom stereocenters. The van der Waals surface area contributed by atoms with Crippen LogP contribution in [0.25, 0.3) is 0 Å². The largest absolute Gasteiger partial charge is 0.491 e. The first-order chi connectivity index (χ1) is 7.58. The summed E-state index contributed by atoms with van der Waals surface area (Å²) < 4.78 is 6.11. The second-order valence-electron chi connectivity index (χ2n) is 2.91. The maximum absolute atomic E-state index is 6.04. The van der Waals surface area contributed by atoms with Gasteiger partial charge >= 0.3 is 0 Å². The van der Waals surface area contributed by atoms with E-state index in [0.717, 1.165) is 4.47 Å². The molecule has 88 valence electrons. The topological polar surface area (TPSA) is 47.6 Å². The maximum Gasteiger partial charge on any atom is 0.152 e. The molecule has 0 radical (unpaired) electrons. The fraction of sp³-hybridized carbons (Fsp3) is 0.300. The second-order valence-corrected chi connectivity index (χ2v) is 4.44. The molecule has 0 atom stereocenters. The van der Waals surface area contributed by atoms with Crippen molar-refractivity contribution in [1.29, 1.82) is 0 Å². The maximum atomic E-state index is 6.04. The SMILES string of the molecule is CCOc1c(Cl)cc(N=C(N)CCl)cc1Br. The highest BCUT2D eigenvalue weighted by Crippen LogP contribution is 2.37. The van der Waals surface area contributed by atoms with Crippen molar-refractivity contribution >= 4 is 50.7 Å². The number of alkyl halides is 1. The summed E-state index contributed by atoms with van der Waals surface area (Å²) >= 11 is 14.9. The summed E-state index contributed by atoms with van der Waals surface area (Å²) in [5, 5.41) is 0.484. The number of ether oxygens (including phenoxy) is 1. The van der Waals surface area contributed by atoms with Crippen LogP contribution in [0.2, 0.25) is 5.02 Å². The van der Waals surface area contributed by atoms with E-state index in [1.165, 1.54) is 0 Å². The lowest BCUT2D eigenvalue weighted by atomic mass is 10.3. The Kier molecular flexibility index (Phi) is 5.38. The average molecular weight is 326 g/mol. The van der Waals surface area contributed by atoms with E-state index in [9.17, 15) is 0 Å². The van der Waals surface area contributed by atoms with E-state index in [0.29, 0.717) is 28.9 Å². The monoisotopic (exact) mass is 324 g/mol. The lowest BCUT2D eigenvalue weighted by Gasteiger charge is -2.08. The molecule has 0 aliphatic carbocycles. The Balaban J connectivity index is 3.09. The number of rotatable bonds is 4. The van der Waals surface area contributed by atoms with Crippen LogP contribution >= 0.6 is 39.1 Å². The third-order valence-corrected chi connectivity index (χ3v) is 2.82. The normalized spacial score (nSPS) is 11.6. The van der Waals surface area contributed by atoms with E-state index in [2.05, 4.69) is 20.9 Å². The summed E-state index contributed by atoms with van der Waals surface area (Å²) in [6, 6.07) is 3.45. The first-order valence-corrected chi connectivity index (χ1v) is 6.29. The van der Waals surface area contributed by atoms with Gasteiger partial charge in [0.15, 0.2) is 5.75 Å². The van der Waals surface area contributed by atoms with Gasteiger partial charge in [-0.25, -0.2) is 4.99 Å². The average Bonchev–Trinajstić information content (AvgIpc) is 2.23. The van der Waals surface area contributed by atoms with Crippen LogP contribution in [0.3, 0.4) is 0 Å². The molecule has 0 saturated heterocycles. The highest BCUT2D eigenvalue weighted by molar-refractivity contribution is 9.10. The third-order valence-electron chi connectivity index (χ3n) is 1.68. The van der Waals surface area contributed by atoms with Gasteiger partial charge in [-0.05, 0) is 35.0 Å². The van der Waals surface area contributed by atoms with Crippen molar-refractivity contribution in [1.82, 2.24) is 0 Å². The first-order valence-electron chi connectivity index (χ1n) is 4.59. The van der Waals surface area contributed by atoms with Gasteiger partial charge in [-0.3, -0.25) is 0 Å². The van der Waals surface area contributed by atoms with E-state index in [4.69, 9.17) is 33.7 Å². The van der Waals surface area contributed by atoms with Crippen molar-refractivity contribution in [3.8, 4) is 5.75 Å². The van der Waals surface area contributed by atoms with Gasteiger partial charge in [0.25, 0.3) is 0 Å². The van der Waals surface area contributed by atoms with Gasteiger partial charge in [-0.2, -0.15) is 0 Å². The standard InChI is InChI=1S/C10H11BrCl2N2O/c1-2-16-10-7(11)3-6(4-8(10)13)15-9(14)5-12/h3-4H,2,5H2,1H3,(H2,14,15). The number of nitrogens with zero attached hydrogens (tertiary/aromatic N) is 1. The van der Waals surface area contributed by atoms with Crippen LogP contribution in [0.4, 0.5) is 5.69 Å². The Morgan fingerprint density at radius 1 is 1.56 bits per heavy atom. The molecule has 0 aliphatic rings. The molecular weight excluding hydrogens is 315 g/mol. The number of hydrogen-bond donors (Lipinski definition) is 1. The van der Waals surface area contributed by atoms with Crippen LogP contribution in [0.1, 0.15) is 6.92 Å². The van der Waals surface area contributed by atoms with Crippen molar-refractivity contribution in [2.45, 2.75) is 6.92 Å². The summed E-state index contributed by atoms with van der Waals surface area (Å²) in [4.78, 5) is 4.09. The molecule has 3 nitrogen and oxygen atoms in total. The van der Waals surface area contributed by atoms with Gasteiger partial charge in [-0.15, -0.1) is 11.6 Å². The van der Waals surface area contributed by atoms with Crippen molar-refractivity contribution in [2.24, 2.45) is 10.7 Å². The molecule has 0 aliphatic heterocycles. The summed E-state index contributed by atoms with van der Waals surface area (Å²) in [5.41, 5.74) is 6.17. The molecule has 16 heavy (non-hydrogen) atoms. The molecule has 0 saturated carbocycles. The fourth-order valence-electron chi connectivity index (χ4n) is 1.09. The second kappa shape index (κ2) is 6.33.